The normalized spacial score (nSPS) is 8.11. The minimum atomic E-state index is 0. The number of benzene rings is 1. The molecule has 0 heterocycles. The van der Waals surface area contributed by atoms with E-state index in [1.807, 2.05) is 30.3 Å². The summed E-state index contributed by atoms with van der Waals surface area (Å²) in [6.45, 7) is 0. The summed E-state index contributed by atoms with van der Waals surface area (Å²) in [6.07, 6.45) is 0. The Morgan fingerprint density at radius 2 is 1.67 bits per heavy atom. The average molecular weight is 155 g/mol. The third kappa shape index (κ3) is 2.68. The maximum atomic E-state index is 5.53. The van der Waals surface area contributed by atoms with Gasteiger partial charge in [-0.15, -0.1) is 11.6 Å². The van der Waals surface area contributed by atoms with Crippen molar-refractivity contribution >= 4 is 22.6 Å². The van der Waals surface area contributed by atoms with Crippen molar-refractivity contribution in [3.05, 3.63) is 35.9 Å². The van der Waals surface area contributed by atoms with Gasteiger partial charge in [-0.25, -0.2) is 0 Å². The molecular formula is C7H7ClSi. The van der Waals surface area contributed by atoms with E-state index in [1.54, 1.807) is 0 Å². The quantitative estimate of drug-likeness (QED) is 0.429. The molecule has 9 heavy (non-hydrogen) atoms. The van der Waals surface area contributed by atoms with Gasteiger partial charge in [0.25, 0.3) is 0 Å². The molecule has 46 valence electrons. The molecular weight excluding hydrogens is 148 g/mol. The zero-order valence-corrected chi connectivity index (χ0v) is 6.73. The maximum absolute atomic E-state index is 5.53. The second-order valence-corrected chi connectivity index (χ2v) is 1.89. The summed E-state index contributed by atoms with van der Waals surface area (Å²) in [5.41, 5.74) is 1.18. The summed E-state index contributed by atoms with van der Waals surface area (Å²) in [4.78, 5) is 0. The molecule has 0 aliphatic heterocycles. The van der Waals surface area contributed by atoms with Crippen LogP contribution in [0.2, 0.25) is 0 Å². The number of hydrogen-bond donors (Lipinski definition) is 0. The zero-order chi connectivity index (χ0) is 5.82. The van der Waals surface area contributed by atoms with Crippen molar-refractivity contribution in [2.45, 2.75) is 5.88 Å². The number of hydrogen-bond acceptors (Lipinski definition) is 0. The van der Waals surface area contributed by atoms with E-state index in [9.17, 15) is 0 Å². The largest absolute Gasteiger partial charge is 0.122 e. The Labute approximate surface area is 64.9 Å². The highest BCUT2D eigenvalue weighted by Crippen LogP contribution is 2.00. The second kappa shape index (κ2) is 4.59. The molecule has 0 amide bonds. The zero-order valence-electron chi connectivity index (χ0n) is 4.97. The van der Waals surface area contributed by atoms with E-state index in [2.05, 4.69) is 0 Å². The molecule has 0 nitrogen and oxygen atoms in total. The van der Waals surface area contributed by atoms with E-state index in [0.717, 1.165) is 0 Å². The lowest BCUT2D eigenvalue weighted by Crippen LogP contribution is -1.71. The maximum Gasteiger partial charge on any atom is 0.0474 e. The summed E-state index contributed by atoms with van der Waals surface area (Å²) in [6, 6.07) is 9.96. The van der Waals surface area contributed by atoms with Gasteiger partial charge in [0, 0.05) is 16.8 Å². The van der Waals surface area contributed by atoms with Crippen LogP contribution in [0.4, 0.5) is 0 Å². The first-order chi connectivity index (χ1) is 3.93. The third-order valence-electron chi connectivity index (χ3n) is 0.997. The van der Waals surface area contributed by atoms with Gasteiger partial charge in [0.1, 0.15) is 0 Å². The van der Waals surface area contributed by atoms with E-state index >= 15 is 0 Å². The lowest BCUT2D eigenvalue weighted by molar-refractivity contribution is 1.41. The smallest absolute Gasteiger partial charge is 0.0474 e. The molecule has 0 aromatic heterocycles. The summed E-state index contributed by atoms with van der Waals surface area (Å²) in [5.74, 6) is 0.612. The highest BCUT2D eigenvalue weighted by molar-refractivity contribution is 6.17. The first kappa shape index (κ1) is 8.73. The van der Waals surface area contributed by atoms with Crippen molar-refractivity contribution in [2.75, 3.05) is 0 Å². The monoisotopic (exact) mass is 154 g/mol. The molecule has 0 N–H and O–H groups in total. The molecule has 1 aromatic carbocycles. The Bertz CT molecular complexity index is 150. The SMILES string of the molecule is ClCc1ccccc1.[Si]. The topological polar surface area (TPSA) is 0 Å². The Balaban J connectivity index is 0.000000640. The molecule has 0 aliphatic carbocycles. The van der Waals surface area contributed by atoms with Gasteiger partial charge in [-0.2, -0.15) is 0 Å². The summed E-state index contributed by atoms with van der Waals surface area (Å²) >= 11 is 5.53. The van der Waals surface area contributed by atoms with Gasteiger partial charge < -0.3 is 0 Å². The minimum absolute atomic E-state index is 0. The molecule has 0 bridgehead atoms. The van der Waals surface area contributed by atoms with Crippen LogP contribution in [0.1, 0.15) is 5.56 Å². The van der Waals surface area contributed by atoms with Gasteiger partial charge in [0.2, 0.25) is 0 Å². The molecule has 0 atom stereocenters. The van der Waals surface area contributed by atoms with Crippen molar-refractivity contribution in [3.63, 3.8) is 0 Å². The van der Waals surface area contributed by atoms with Gasteiger partial charge in [-0.1, -0.05) is 30.3 Å². The average Bonchev–Trinajstić information content (AvgIpc) is 1.90. The Kier molecular flexibility index (Phi) is 4.45. The van der Waals surface area contributed by atoms with Crippen LogP contribution in [0.25, 0.3) is 0 Å². The van der Waals surface area contributed by atoms with Crippen molar-refractivity contribution in [2.24, 2.45) is 0 Å². The molecule has 0 fully saturated rings. The Morgan fingerprint density at radius 3 is 2.00 bits per heavy atom. The van der Waals surface area contributed by atoms with Crippen LogP contribution in [0.3, 0.4) is 0 Å². The van der Waals surface area contributed by atoms with Crippen LogP contribution in [0.15, 0.2) is 30.3 Å². The fourth-order valence-electron chi connectivity index (χ4n) is 0.567. The highest BCUT2D eigenvalue weighted by atomic mass is 35.5. The van der Waals surface area contributed by atoms with Crippen LogP contribution < -0.4 is 0 Å². The predicted molar refractivity (Wildman–Crippen MR) is 41.8 cm³/mol. The number of rotatable bonds is 1. The summed E-state index contributed by atoms with van der Waals surface area (Å²) < 4.78 is 0. The molecule has 2 heteroatoms. The van der Waals surface area contributed by atoms with E-state index in [0.29, 0.717) is 5.88 Å². The molecule has 0 spiro atoms. The first-order valence-corrected chi connectivity index (χ1v) is 3.07. The van der Waals surface area contributed by atoms with Crippen molar-refractivity contribution in [1.29, 1.82) is 0 Å². The second-order valence-electron chi connectivity index (χ2n) is 1.62. The van der Waals surface area contributed by atoms with Gasteiger partial charge in [0.15, 0.2) is 0 Å². The molecule has 1 aromatic rings. The van der Waals surface area contributed by atoms with Gasteiger partial charge in [-0.3, -0.25) is 0 Å². The van der Waals surface area contributed by atoms with Crippen LogP contribution in [-0.2, 0) is 5.88 Å². The van der Waals surface area contributed by atoms with Crippen LogP contribution in [0, 0.1) is 0 Å². The molecule has 4 radical (unpaired) electrons. The Morgan fingerprint density at radius 1 is 1.11 bits per heavy atom. The molecule has 0 aliphatic rings. The fraction of sp³-hybridized carbons (Fsp3) is 0.143. The van der Waals surface area contributed by atoms with Crippen molar-refractivity contribution in [3.8, 4) is 0 Å². The lowest BCUT2D eigenvalue weighted by Gasteiger charge is -1.88. The molecule has 0 saturated carbocycles. The van der Waals surface area contributed by atoms with Gasteiger partial charge in [0.05, 0.1) is 0 Å². The standard InChI is InChI=1S/C7H7Cl.Si/c8-6-7-4-2-1-3-5-7;/h1-5H,6H2;. The van der Waals surface area contributed by atoms with Gasteiger partial charge in [-0.05, 0) is 5.56 Å². The highest BCUT2D eigenvalue weighted by Gasteiger charge is 1.81. The molecule has 0 unspecified atom stereocenters. The van der Waals surface area contributed by atoms with Gasteiger partial charge >= 0.3 is 0 Å². The predicted octanol–water partition coefficient (Wildman–Crippen LogP) is 2.04. The van der Waals surface area contributed by atoms with Crippen LogP contribution in [-0.4, -0.2) is 11.0 Å². The molecule has 0 saturated heterocycles. The van der Waals surface area contributed by atoms with E-state index in [4.69, 9.17) is 11.6 Å². The van der Waals surface area contributed by atoms with Crippen LogP contribution in [0.5, 0.6) is 0 Å². The van der Waals surface area contributed by atoms with Crippen molar-refractivity contribution < 1.29 is 0 Å². The Hall–Kier alpha value is -0.273. The van der Waals surface area contributed by atoms with Crippen molar-refractivity contribution in [1.82, 2.24) is 0 Å². The summed E-state index contributed by atoms with van der Waals surface area (Å²) in [7, 11) is 0. The van der Waals surface area contributed by atoms with E-state index in [-0.39, 0.29) is 11.0 Å². The fourth-order valence-corrected chi connectivity index (χ4v) is 0.745. The third-order valence-corrected chi connectivity index (χ3v) is 1.31. The number of halogens is 1. The van der Waals surface area contributed by atoms with E-state index < -0.39 is 0 Å². The van der Waals surface area contributed by atoms with E-state index in [1.165, 1.54) is 5.56 Å². The first-order valence-electron chi connectivity index (χ1n) is 2.53. The lowest BCUT2D eigenvalue weighted by atomic mass is 10.2. The number of alkyl halides is 1. The minimum Gasteiger partial charge on any atom is -0.122 e. The molecule has 1 rings (SSSR count). The summed E-state index contributed by atoms with van der Waals surface area (Å²) in [5, 5.41) is 0. The van der Waals surface area contributed by atoms with Crippen LogP contribution >= 0.6 is 11.6 Å².